The minimum Gasteiger partial charge on any atom is -0.337 e. The Hall–Kier alpha value is -2.03. The highest BCUT2D eigenvalue weighted by atomic mass is 32.1. The van der Waals surface area contributed by atoms with Gasteiger partial charge in [0, 0.05) is 39.1 Å². The van der Waals surface area contributed by atoms with Gasteiger partial charge in [-0.25, -0.2) is 9.97 Å². The number of aryl methyl sites for hydroxylation is 1. The molecule has 1 fully saturated rings. The summed E-state index contributed by atoms with van der Waals surface area (Å²) in [6.45, 7) is 3.27. The van der Waals surface area contributed by atoms with Crippen molar-refractivity contribution in [1.82, 2.24) is 29.7 Å². The van der Waals surface area contributed by atoms with Crippen molar-refractivity contribution in [3.8, 4) is 0 Å². The van der Waals surface area contributed by atoms with Gasteiger partial charge in [0.2, 0.25) is 0 Å². The Morgan fingerprint density at radius 3 is 3.22 bits per heavy atom. The molecule has 0 spiro atoms. The second kappa shape index (κ2) is 5.88. The zero-order chi connectivity index (χ0) is 15.8. The van der Waals surface area contributed by atoms with E-state index < -0.39 is 0 Å². The van der Waals surface area contributed by atoms with E-state index >= 15 is 0 Å². The second-order valence-corrected chi connectivity index (χ2v) is 6.65. The van der Waals surface area contributed by atoms with Crippen molar-refractivity contribution in [2.45, 2.75) is 12.6 Å². The second-order valence-electron chi connectivity index (χ2n) is 5.73. The Balaban J connectivity index is 1.64. The van der Waals surface area contributed by atoms with E-state index in [0.29, 0.717) is 17.1 Å². The van der Waals surface area contributed by atoms with Crippen LogP contribution in [-0.2, 0) is 13.6 Å². The van der Waals surface area contributed by atoms with Gasteiger partial charge < -0.3 is 14.9 Å². The van der Waals surface area contributed by atoms with Crippen LogP contribution < -0.4 is 10.9 Å². The smallest absolute Gasteiger partial charge is 0.268 e. The molecule has 0 aliphatic carbocycles. The van der Waals surface area contributed by atoms with Crippen molar-refractivity contribution in [3.63, 3.8) is 0 Å². The standard InChI is InChI=1S/C15H18N6OS/c1-20-5-4-17-14(20)11-8-16-3-6-21(11)9-12-18-10-2-7-23-13(10)15(22)19-12/h2,4-5,7,11,16H,3,6,8-9H2,1H3,(H,18,19,22). The van der Waals surface area contributed by atoms with Crippen molar-refractivity contribution in [2.75, 3.05) is 19.6 Å². The fourth-order valence-electron chi connectivity index (χ4n) is 3.08. The summed E-state index contributed by atoms with van der Waals surface area (Å²) < 4.78 is 2.73. The minimum absolute atomic E-state index is 0.0522. The SMILES string of the molecule is Cn1ccnc1C1CNCCN1Cc1nc2ccsc2c(=O)[nH]1. The molecule has 0 aromatic carbocycles. The highest BCUT2D eigenvalue weighted by Crippen LogP contribution is 2.22. The zero-order valence-electron chi connectivity index (χ0n) is 12.8. The first-order valence-corrected chi connectivity index (χ1v) is 8.49. The van der Waals surface area contributed by atoms with Gasteiger partial charge in [-0.1, -0.05) is 0 Å². The molecule has 0 amide bonds. The summed E-state index contributed by atoms with van der Waals surface area (Å²) in [5.41, 5.74) is 0.723. The van der Waals surface area contributed by atoms with Gasteiger partial charge in [-0.15, -0.1) is 11.3 Å². The number of imidazole rings is 1. The van der Waals surface area contributed by atoms with Crippen molar-refractivity contribution in [3.05, 3.63) is 45.8 Å². The fraction of sp³-hybridized carbons (Fsp3) is 0.400. The number of fused-ring (bicyclic) bond motifs is 1. The Morgan fingerprint density at radius 1 is 1.48 bits per heavy atom. The first-order valence-electron chi connectivity index (χ1n) is 7.61. The van der Waals surface area contributed by atoms with Gasteiger partial charge in [-0.05, 0) is 11.4 Å². The van der Waals surface area contributed by atoms with Crippen LogP contribution in [0.3, 0.4) is 0 Å². The molecule has 7 nitrogen and oxygen atoms in total. The van der Waals surface area contributed by atoms with E-state index in [1.807, 2.05) is 35.5 Å². The normalized spacial score (nSPS) is 19.4. The predicted molar refractivity (Wildman–Crippen MR) is 89.5 cm³/mol. The van der Waals surface area contributed by atoms with Crippen LogP contribution in [0.15, 0.2) is 28.6 Å². The van der Waals surface area contributed by atoms with Crippen LogP contribution in [0.1, 0.15) is 17.7 Å². The number of aromatic nitrogens is 4. The molecular formula is C15H18N6OS. The predicted octanol–water partition coefficient (Wildman–Crippen LogP) is 0.865. The Kier molecular flexibility index (Phi) is 3.72. The van der Waals surface area contributed by atoms with E-state index in [0.717, 1.165) is 31.0 Å². The molecule has 2 N–H and O–H groups in total. The van der Waals surface area contributed by atoms with E-state index in [1.54, 1.807) is 0 Å². The zero-order valence-corrected chi connectivity index (χ0v) is 13.6. The van der Waals surface area contributed by atoms with E-state index in [-0.39, 0.29) is 11.6 Å². The van der Waals surface area contributed by atoms with E-state index in [1.165, 1.54) is 11.3 Å². The summed E-state index contributed by atoms with van der Waals surface area (Å²) in [6, 6.07) is 2.07. The van der Waals surface area contributed by atoms with Crippen molar-refractivity contribution in [1.29, 1.82) is 0 Å². The van der Waals surface area contributed by atoms with Crippen molar-refractivity contribution in [2.24, 2.45) is 7.05 Å². The Bertz CT molecular complexity index is 881. The summed E-state index contributed by atoms with van der Waals surface area (Å²) in [7, 11) is 2.01. The third kappa shape index (κ3) is 2.69. The van der Waals surface area contributed by atoms with Crippen LogP contribution in [0.2, 0.25) is 0 Å². The molecule has 4 rings (SSSR count). The first kappa shape index (κ1) is 14.6. The average molecular weight is 330 g/mol. The van der Waals surface area contributed by atoms with Crippen LogP contribution in [0.25, 0.3) is 10.2 Å². The number of hydrogen-bond donors (Lipinski definition) is 2. The molecule has 3 aromatic rings. The molecule has 8 heteroatoms. The number of rotatable bonds is 3. The third-order valence-corrected chi connectivity index (χ3v) is 5.13. The maximum atomic E-state index is 12.1. The Morgan fingerprint density at radius 2 is 2.39 bits per heavy atom. The number of thiophene rings is 1. The lowest BCUT2D eigenvalue weighted by Gasteiger charge is -2.35. The highest BCUT2D eigenvalue weighted by Gasteiger charge is 2.27. The van der Waals surface area contributed by atoms with Crippen LogP contribution >= 0.6 is 11.3 Å². The summed E-state index contributed by atoms with van der Waals surface area (Å²) in [5, 5.41) is 5.32. The molecule has 1 saturated heterocycles. The molecular weight excluding hydrogens is 312 g/mol. The topological polar surface area (TPSA) is 78.8 Å². The van der Waals surface area contributed by atoms with Crippen molar-refractivity contribution >= 4 is 21.6 Å². The lowest BCUT2D eigenvalue weighted by atomic mass is 10.1. The van der Waals surface area contributed by atoms with Crippen LogP contribution in [0.5, 0.6) is 0 Å². The van der Waals surface area contributed by atoms with Gasteiger partial charge >= 0.3 is 0 Å². The van der Waals surface area contributed by atoms with Gasteiger partial charge in [0.15, 0.2) is 0 Å². The van der Waals surface area contributed by atoms with Crippen LogP contribution in [0.4, 0.5) is 0 Å². The third-order valence-electron chi connectivity index (χ3n) is 4.23. The molecule has 4 heterocycles. The van der Waals surface area contributed by atoms with Crippen LogP contribution in [0, 0.1) is 0 Å². The molecule has 23 heavy (non-hydrogen) atoms. The average Bonchev–Trinajstić information content (AvgIpc) is 3.17. The number of nitrogens with one attached hydrogen (secondary N) is 2. The molecule has 1 aliphatic heterocycles. The lowest BCUT2D eigenvalue weighted by Crippen LogP contribution is -2.46. The quantitative estimate of drug-likeness (QED) is 0.745. The summed E-state index contributed by atoms with van der Waals surface area (Å²) in [4.78, 5) is 26.4. The molecule has 0 radical (unpaired) electrons. The number of aromatic amines is 1. The van der Waals surface area contributed by atoms with E-state index in [2.05, 4.69) is 25.2 Å². The molecule has 0 bridgehead atoms. The molecule has 3 aromatic heterocycles. The van der Waals surface area contributed by atoms with Gasteiger partial charge in [0.05, 0.1) is 18.1 Å². The maximum absolute atomic E-state index is 12.1. The summed E-state index contributed by atoms with van der Waals surface area (Å²) in [6.07, 6.45) is 3.78. The molecule has 0 saturated carbocycles. The maximum Gasteiger partial charge on any atom is 0.268 e. The van der Waals surface area contributed by atoms with E-state index in [4.69, 9.17) is 0 Å². The highest BCUT2D eigenvalue weighted by molar-refractivity contribution is 7.17. The number of hydrogen-bond acceptors (Lipinski definition) is 6. The minimum atomic E-state index is -0.0522. The number of nitrogens with zero attached hydrogens (tertiary/aromatic N) is 4. The first-order chi connectivity index (χ1) is 11.2. The number of H-pyrrole nitrogens is 1. The summed E-state index contributed by atoms with van der Waals surface area (Å²) in [5.74, 6) is 1.73. The van der Waals surface area contributed by atoms with Crippen molar-refractivity contribution < 1.29 is 0 Å². The summed E-state index contributed by atoms with van der Waals surface area (Å²) >= 11 is 1.43. The van der Waals surface area contributed by atoms with Gasteiger partial charge in [0.25, 0.3) is 5.56 Å². The monoisotopic (exact) mass is 330 g/mol. The van der Waals surface area contributed by atoms with Gasteiger partial charge in [-0.2, -0.15) is 0 Å². The number of piperazine rings is 1. The van der Waals surface area contributed by atoms with Crippen LogP contribution in [-0.4, -0.2) is 44.1 Å². The van der Waals surface area contributed by atoms with Gasteiger partial charge in [0.1, 0.15) is 16.3 Å². The molecule has 1 unspecified atom stereocenters. The lowest BCUT2D eigenvalue weighted by molar-refractivity contribution is 0.141. The molecule has 1 aliphatic rings. The molecule has 1 atom stereocenters. The van der Waals surface area contributed by atoms with Gasteiger partial charge in [-0.3, -0.25) is 9.69 Å². The molecule has 120 valence electrons. The fourth-order valence-corrected chi connectivity index (χ4v) is 3.80. The van der Waals surface area contributed by atoms with E-state index in [9.17, 15) is 4.79 Å². The Labute approximate surface area is 137 Å². The largest absolute Gasteiger partial charge is 0.337 e.